The predicted molar refractivity (Wildman–Crippen MR) is 130 cm³/mol. The SMILES string of the molecule is COC(C)C1CCC(C(=O)N2Cc3cccnc3Nc3ccc(N4CCOCC4)cc32)CC1. The number of ether oxygens (including phenoxy) is 2. The summed E-state index contributed by atoms with van der Waals surface area (Å²) in [6.45, 7) is 5.86. The van der Waals surface area contributed by atoms with Crippen LogP contribution in [-0.4, -0.2) is 50.4 Å². The van der Waals surface area contributed by atoms with Crippen molar-refractivity contribution in [3.8, 4) is 0 Å². The lowest BCUT2D eigenvalue weighted by atomic mass is 9.79. The quantitative estimate of drug-likeness (QED) is 0.747. The maximum atomic E-state index is 13.9. The molecule has 1 saturated heterocycles. The van der Waals surface area contributed by atoms with Crippen LogP contribution < -0.4 is 15.1 Å². The van der Waals surface area contributed by atoms with Gasteiger partial charge in [-0.2, -0.15) is 0 Å². The Bertz CT molecular complexity index is 983. The first kappa shape index (κ1) is 22.2. The van der Waals surface area contributed by atoms with Gasteiger partial charge in [0.2, 0.25) is 5.91 Å². The van der Waals surface area contributed by atoms with Gasteiger partial charge in [-0.25, -0.2) is 4.98 Å². The number of rotatable bonds is 4. The van der Waals surface area contributed by atoms with E-state index in [1.54, 1.807) is 13.3 Å². The molecule has 1 amide bonds. The second-order valence-electron chi connectivity index (χ2n) is 9.41. The smallest absolute Gasteiger partial charge is 0.230 e. The number of aromatic nitrogens is 1. The zero-order valence-electron chi connectivity index (χ0n) is 19.6. The summed E-state index contributed by atoms with van der Waals surface area (Å²) in [6.07, 6.45) is 5.95. The lowest BCUT2D eigenvalue weighted by molar-refractivity contribution is -0.124. The van der Waals surface area contributed by atoms with Gasteiger partial charge in [0.1, 0.15) is 5.82 Å². The van der Waals surface area contributed by atoms with E-state index in [9.17, 15) is 4.79 Å². The van der Waals surface area contributed by atoms with E-state index in [-0.39, 0.29) is 17.9 Å². The highest BCUT2D eigenvalue weighted by Gasteiger charge is 2.34. The van der Waals surface area contributed by atoms with Crippen molar-refractivity contribution in [3.05, 3.63) is 42.1 Å². The summed E-state index contributed by atoms with van der Waals surface area (Å²) in [6, 6.07) is 10.4. The number of fused-ring (bicyclic) bond motifs is 2. The molecule has 1 aromatic carbocycles. The largest absolute Gasteiger partial charge is 0.381 e. The molecule has 1 aliphatic carbocycles. The van der Waals surface area contributed by atoms with Crippen molar-refractivity contribution in [2.24, 2.45) is 11.8 Å². The van der Waals surface area contributed by atoms with Crippen LogP contribution in [0.15, 0.2) is 36.5 Å². The molecule has 0 spiro atoms. The third kappa shape index (κ3) is 4.57. The van der Waals surface area contributed by atoms with Crippen LogP contribution >= 0.6 is 0 Å². The highest BCUT2D eigenvalue weighted by molar-refractivity contribution is 6.00. The molecule has 1 N–H and O–H groups in total. The molecule has 7 nitrogen and oxygen atoms in total. The molecule has 5 rings (SSSR count). The summed E-state index contributed by atoms with van der Waals surface area (Å²) < 4.78 is 11.1. The normalized spacial score (nSPS) is 23.7. The van der Waals surface area contributed by atoms with Gasteiger partial charge in [0.25, 0.3) is 0 Å². The van der Waals surface area contributed by atoms with Gasteiger partial charge in [-0.3, -0.25) is 4.79 Å². The van der Waals surface area contributed by atoms with Crippen LogP contribution in [0.5, 0.6) is 0 Å². The van der Waals surface area contributed by atoms with Crippen molar-refractivity contribution < 1.29 is 14.3 Å². The van der Waals surface area contributed by atoms with Gasteiger partial charge in [0.15, 0.2) is 0 Å². The highest BCUT2D eigenvalue weighted by Crippen LogP contribution is 2.40. The van der Waals surface area contributed by atoms with Gasteiger partial charge < -0.3 is 24.6 Å². The first-order valence-corrected chi connectivity index (χ1v) is 12.2. The second kappa shape index (κ2) is 9.69. The van der Waals surface area contributed by atoms with Crippen molar-refractivity contribution in [2.45, 2.75) is 45.3 Å². The fourth-order valence-electron chi connectivity index (χ4n) is 5.37. The third-order valence-electron chi connectivity index (χ3n) is 7.54. The van der Waals surface area contributed by atoms with Gasteiger partial charge in [-0.05, 0) is 62.8 Å². The first-order chi connectivity index (χ1) is 16.1. The van der Waals surface area contributed by atoms with E-state index in [0.717, 1.165) is 80.4 Å². The number of amides is 1. The van der Waals surface area contributed by atoms with Crippen molar-refractivity contribution >= 4 is 28.8 Å². The highest BCUT2D eigenvalue weighted by atomic mass is 16.5. The summed E-state index contributed by atoms with van der Waals surface area (Å²) in [4.78, 5) is 22.8. The molecule has 3 heterocycles. The molecule has 1 saturated carbocycles. The minimum absolute atomic E-state index is 0.0448. The molecule has 2 aliphatic heterocycles. The lowest BCUT2D eigenvalue weighted by Crippen LogP contribution is -2.39. The van der Waals surface area contributed by atoms with Gasteiger partial charge in [-0.1, -0.05) is 6.07 Å². The molecule has 176 valence electrons. The fourth-order valence-corrected chi connectivity index (χ4v) is 5.37. The Morgan fingerprint density at radius 2 is 1.97 bits per heavy atom. The molecule has 1 unspecified atom stereocenters. The summed E-state index contributed by atoms with van der Waals surface area (Å²) >= 11 is 0. The second-order valence-corrected chi connectivity index (χ2v) is 9.41. The van der Waals surface area contributed by atoms with Gasteiger partial charge in [0.05, 0.1) is 37.2 Å². The number of morpholine rings is 1. The van der Waals surface area contributed by atoms with Crippen LogP contribution in [0.4, 0.5) is 22.9 Å². The number of nitrogens with zero attached hydrogens (tertiary/aromatic N) is 3. The number of methoxy groups -OCH3 is 1. The number of carbonyl (C=O) groups excluding carboxylic acids is 1. The van der Waals surface area contributed by atoms with Crippen molar-refractivity contribution in [3.63, 3.8) is 0 Å². The van der Waals surface area contributed by atoms with Crippen LogP contribution in [0.2, 0.25) is 0 Å². The van der Waals surface area contributed by atoms with E-state index >= 15 is 0 Å². The number of nitrogens with one attached hydrogen (secondary N) is 1. The number of hydrogen-bond acceptors (Lipinski definition) is 6. The molecule has 7 heteroatoms. The van der Waals surface area contributed by atoms with E-state index in [1.807, 2.05) is 11.0 Å². The Balaban J connectivity index is 1.45. The Morgan fingerprint density at radius 1 is 1.18 bits per heavy atom. The zero-order chi connectivity index (χ0) is 22.8. The minimum Gasteiger partial charge on any atom is -0.381 e. The number of benzene rings is 1. The van der Waals surface area contributed by atoms with E-state index < -0.39 is 0 Å². The minimum atomic E-state index is 0.0448. The van der Waals surface area contributed by atoms with E-state index in [1.165, 1.54) is 0 Å². The summed E-state index contributed by atoms with van der Waals surface area (Å²) in [5.74, 6) is 1.63. The molecular formula is C26H34N4O3. The molecule has 0 radical (unpaired) electrons. The topological polar surface area (TPSA) is 66.9 Å². The fraction of sp³-hybridized carbons (Fsp3) is 0.538. The third-order valence-corrected chi connectivity index (χ3v) is 7.54. The van der Waals surface area contributed by atoms with Crippen LogP contribution in [0.1, 0.15) is 38.2 Å². The van der Waals surface area contributed by atoms with E-state index in [2.05, 4.69) is 46.4 Å². The summed E-state index contributed by atoms with van der Waals surface area (Å²) in [5, 5.41) is 3.49. The molecule has 33 heavy (non-hydrogen) atoms. The standard InChI is InChI=1S/C26H34N4O3/c1-18(32-2)19-5-7-20(8-6-19)26(31)30-17-21-4-3-11-27-25(21)28-23-10-9-22(16-24(23)30)29-12-14-33-15-13-29/h3-4,9-11,16,18-20H,5-8,12-15,17H2,1-2H3,(H,27,28). The molecule has 0 bridgehead atoms. The average molecular weight is 451 g/mol. The summed E-state index contributed by atoms with van der Waals surface area (Å²) in [7, 11) is 1.78. The van der Waals surface area contributed by atoms with E-state index in [0.29, 0.717) is 12.5 Å². The van der Waals surface area contributed by atoms with Gasteiger partial charge >= 0.3 is 0 Å². The molecule has 1 atom stereocenters. The van der Waals surface area contributed by atoms with Crippen LogP contribution in [-0.2, 0) is 20.8 Å². The first-order valence-electron chi connectivity index (χ1n) is 12.2. The molecule has 2 aromatic rings. The molecular weight excluding hydrogens is 416 g/mol. The molecule has 1 aromatic heterocycles. The van der Waals surface area contributed by atoms with Gasteiger partial charge in [0, 0.05) is 43.6 Å². The van der Waals surface area contributed by atoms with E-state index in [4.69, 9.17) is 9.47 Å². The van der Waals surface area contributed by atoms with Crippen molar-refractivity contribution in [1.29, 1.82) is 0 Å². The van der Waals surface area contributed by atoms with Crippen LogP contribution in [0.25, 0.3) is 0 Å². The van der Waals surface area contributed by atoms with Crippen LogP contribution in [0.3, 0.4) is 0 Å². The zero-order valence-corrected chi connectivity index (χ0v) is 19.6. The Morgan fingerprint density at radius 3 is 2.73 bits per heavy atom. The Kier molecular flexibility index (Phi) is 6.51. The Labute approximate surface area is 196 Å². The Hall–Kier alpha value is -2.64. The maximum Gasteiger partial charge on any atom is 0.230 e. The monoisotopic (exact) mass is 450 g/mol. The lowest BCUT2D eigenvalue weighted by Gasteiger charge is -2.34. The number of hydrogen-bond donors (Lipinski definition) is 1. The van der Waals surface area contributed by atoms with Crippen LogP contribution in [0, 0.1) is 11.8 Å². The predicted octanol–water partition coefficient (Wildman–Crippen LogP) is 4.35. The molecule has 2 fully saturated rings. The van der Waals surface area contributed by atoms with Gasteiger partial charge in [-0.15, -0.1) is 0 Å². The number of carbonyl (C=O) groups is 1. The average Bonchev–Trinajstić information content (AvgIpc) is 3.04. The summed E-state index contributed by atoms with van der Waals surface area (Å²) in [5.41, 5.74) is 4.04. The maximum absolute atomic E-state index is 13.9. The van der Waals surface area contributed by atoms with Crippen molar-refractivity contribution in [2.75, 3.05) is 48.5 Å². The number of anilines is 4. The number of pyridine rings is 1. The molecule has 3 aliphatic rings. The van der Waals surface area contributed by atoms with Crippen molar-refractivity contribution in [1.82, 2.24) is 4.98 Å².